The second kappa shape index (κ2) is 8.44. The van der Waals surface area contributed by atoms with Gasteiger partial charge in [-0.15, -0.1) is 0 Å². The fourth-order valence-electron chi connectivity index (χ4n) is 2.66. The molecule has 1 aliphatic heterocycles. The number of likely N-dealkylation sites (tertiary alicyclic amines) is 1. The minimum absolute atomic E-state index is 0.0734. The van der Waals surface area contributed by atoms with E-state index in [1.54, 1.807) is 17.0 Å². The van der Waals surface area contributed by atoms with E-state index in [9.17, 15) is 18.0 Å². The van der Waals surface area contributed by atoms with Gasteiger partial charge in [0.25, 0.3) is 5.91 Å². The number of piperidine rings is 1. The number of nitrogens with zero attached hydrogens (tertiary/aromatic N) is 1. The van der Waals surface area contributed by atoms with E-state index in [0.29, 0.717) is 19.0 Å². The smallest absolute Gasteiger partial charge is 0.321 e. The second-order valence-electron chi connectivity index (χ2n) is 6.39. The number of hydrogen-bond donors (Lipinski definition) is 1. The molecule has 0 radical (unpaired) electrons. The van der Waals surface area contributed by atoms with Crippen molar-refractivity contribution < 1.29 is 22.7 Å². The number of amides is 1. The maximum Gasteiger partial charge on any atom is 0.321 e. The molecule has 1 N–H and O–H groups in total. The van der Waals surface area contributed by atoms with E-state index in [-0.39, 0.29) is 17.4 Å². The first-order chi connectivity index (χ1) is 11.8. The quantitative estimate of drug-likeness (QED) is 0.759. The molecular weight excluding hydrogens is 344 g/mol. The molecule has 1 fully saturated rings. The van der Waals surface area contributed by atoms with Crippen molar-refractivity contribution in [2.75, 3.05) is 26.2 Å². The van der Waals surface area contributed by atoms with E-state index in [1.165, 1.54) is 12.1 Å². The Morgan fingerprint density at radius 1 is 1.28 bits per heavy atom. The van der Waals surface area contributed by atoms with Gasteiger partial charge in [0.2, 0.25) is 10.0 Å². The first-order valence-electron chi connectivity index (χ1n) is 8.27. The number of esters is 1. The lowest BCUT2D eigenvalue weighted by Gasteiger charge is -2.30. The molecular formula is C17H24N2O5S. The number of carbonyl (C=O) groups excluding carboxylic acids is 2. The monoisotopic (exact) mass is 368 g/mol. The van der Waals surface area contributed by atoms with Crippen molar-refractivity contribution in [3.05, 3.63) is 29.8 Å². The number of benzene rings is 1. The Hall–Kier alpha value is -1.93. The summed E-state index contributed by atoms with van der Waals surface area (Å²) in [6, 6.07) is 6.27. The van der Waals surface area contributed by atoms with Crippen molar-refractivity contribution in [1.82, 2.24) is 9.62 Å². The predicted octanol–water partition coefficient (Wildman–Crippen LogP) is 1.08. The lowest BCUT2D eigenvalue weighted by molar-refractivity contribution is -0.151. The van der Waals surface area contributed by atoms with E-state index in [2.05, 4.69) is 11.6 Å². The van der Waals surface area contributed by atoms with Gasteiger partial charge < -0.3 is 9.64 Å². The van der Waals surface area contributed by atoms with Gasteiger partial charge in [0.05, 0.1) is 4.90 Å². The lowest BCUT2D eigenvalue weighted by Crippen LogP contribution is -2.42. The zero-order valence-electron chi connectivity index (χ0n) is 14.5. The van der Waals surface area contributed by atoms with Crippen LogP contribution in [0, 0.1) is 12.8 Å². The third-order valence-electron chi connectivity index (χ3n) is 4.10. The van der Waals surface area contributed by atoms with Crippen LogP contribution >= 0.6 is 0 Å². The second-order valence-corrected chi connectivity index (χ2v) is 8.15. The molecule has 1 aromatic carbocycles. The Morgan fingerprint density at radius 2 is 1.96 bits per heavy atom. The zero-order chi connectivity index (χ0) is 18.4. The standard InChI is InChI=1S/C17H24N2O5S/c1-13-5-7-15(8-6-13)25(22,23)18-10-17(21)24-12-16(20)19-9-3-4-14(2)11-19/h5-8,14,18H,3-4,9-12H2,1-2H3/t14-/m1/s1. The number of aryl methyl sites for hydroxylation is 1. The Bertz CT molecular complexity index is 715. The molecule has 1 atom stereocenters. The molecule has 1 aromatic rings. The summed E-state index contributed by atoms with van der Waals surface area (Å²) in [6.45, 7) is 4.38. The zero-order valence-corrected chi connectivity index (χ0v) is 15.3. The molecule has 0 bridgehead atoms. The topological polar surface area (TPSA) is 92.8 Å². The summed E-state index contributed by atoms with van der Waals surface area (Å²) < 4.78 is 31.2. The maximum absolute atomic E-state index is 12.1. The van der Waals surface area contributed by atoms with Crippen LogP contribution in [0.25, 0.3) is 0 Å². The largest absolute Gasteiger partial charge is 0.455 e. The molecule has 2 rings (SSSR count). The fourth-order valence-corrected chi connectivity index (χ4v) is 3.62. The van der Waals surface area contributed by atoms with E-state index in [1.807, 2.05) is 6.92 Å². The van der Waals surface area contributed by atoms with Crippen LogP contribution in [0.15, 0.2) is 29.2 Å². The van der Waals surface area contributed by atoms with E-state index in [0.717, 1.165) is 18.4 Å². The molecule has 25 heavy (non-hydrogen) atoms. The molecule has 138 valence electrons. The molecule has 0 spiro atoms. The van der Waals surface area contributed by atoms with Gasteiger partial charge in [-0.3, -0.25) is 9.59 Å². The van der Waals surface area contributed by atoms with Gasteiger partial charge in [0.15, 0.2) is 6.61 Å². The molecule has 1 heterocycles. The summed E-state index contributed by atoms with van der Waals surface area (Å²) in [4.78, 5) is 25.5. The predicted molar refractivity (Wildman–Crippen MR) is 92.3 cm³/mol. The van der Waals surface area contributed by atoms with Crippen molar-refractivity contribution in [3.8, 4) is 0 Å². The van der Waals surface area contributed by atoms with Gasteiger partial charge in [-0.2, -0.15) is 4.72 Å². The Labute approximate surface area is 148 Å². The highest BCUT2D eigenvalue weighted by molar-refractivity contribution is 7.89. The summed E-state index contributed by atoms with van der Waals surface area (Å²) in [5, 5.41) is 0. The van der Waals surface area contributed by atoms with Gasteiger partial charge in [0.1, 0.15) is 6.54 Å². The first kappa shape index (κ1) is 19.4. The number of hydrogen-bond acceptors (Lipinski definition) is 5. The van der Waals surface area contributed by atoms with Gasteiger partial charge in [-0.1, -0.05) is 24.6 Å². The number of carbonyl (C=O) groups is 2. The Balaban J connectivity index is 1.78. The van der Waals surface area contributed by atoms with Crippen molar-refractivity contribution in [1.29, 1.82) is 0 Å². The molecule has 1 saturated heterocycles. The summed E-state index contributed by atoms with van der Waals surface area (Å²) >= 11 is 0. The van der Waals surface area contributed by atoms with Crippen LogP contribution in [0.1, 0.15) is 25.3 Å². The third kappa shape index (κ3) is 5.82. The van der Waals surface area contributed by atoms with Crippen molar-refractivity contribution in [2.24, 2.45) is 5.92 Å². The van der Waals surface area contributed by atoms with Crippen LogP contribution in [0.3, 0.4) is 0 Å². The summed E-state index contributed by atoms with van der Waals surface area (Å²) in [7, 11) is -3.78. The van der Waals surface area contributed by atoms with Gasteiger partial charge in [-0.05, 0) is 37.8 Å². The molecule has 7 nitrogen and oxygen atoms in total. The molecule has 1 amide bonds. The molecule has 0 aromatic heterocycles. The molecule has 0 unspecified atom stereocenters. The van der Waals surface area contributed by atoms with Gasteiger partial charge in [-0.25, -0.2) is 8.42 Å². The average Bonchev–Trinajstić information content (AvgIpc) is 2.58. The lowest BCUT2D eigenvalue weighted by atomic mass is 10.0. The number of nitrogens with one attached hydrogen (secondary N) is 1. The van der Waals surface area contributed by atoms with E-state index in [4.69, 9.17) is 4.74 Å². The minimum Gasteiger partial charge on any atom is -0.455 e. The summed E-state index contributed by atoms with van der Waals surface area (Å²) in [5.41, 5.74) is 0.934. The maximum atomic E-state index is 12.1. The minimum atomic E-state index is -3.78. The van der Waals surface area contributed by atoms with Crippen molar-refractivity contribution in [2.45, 2.75) is 31.6 Å². The summed E-state index contributed by atoms with van der Waals surface area (Å²) in [5.74, 6) is -0.592. The van der Waals surface area contributed by atoms with Crippen LogP contribution in [-0.2, 0) is 24.3 Å². The average molecular weight is 368 g/mol. The molecule has 8 heteroatoms. The van der Waals surface area contributed by atoms with E-state index >= 15 is 0 Å². The van der Waals surface area contributed by atoms with Crippen LogP contribution in [-0.4, -0.2) is 51.4 Å². The number of ether oxygens (including phenoxy) is 1. The first-order valence-corrected chi connectivity index (χ1v) is 9.76. The third-order valence-corrected chi connectivity index (χ3v) is 5.52. The van der Waals surface area contributed by atoms with Gasteiger partial charge in [0, 0.05) is 13.1 Å². The van der Waals surface area contributed by atoms with Crippen LogP contribution in [0.4, 0.5) is 0 Å². The molecule has 0 aliphatic carbocycles. The van der Waals surface area contributed by atoms with Gasteiger partial charge >= 0.3 is 5.97 Å². The molecule has 1 aliphatic rings. The molecule has 0 saturated carbocycles. The Kier molecular flexibility index (Phi) is 6.55. The van der Waals surface area contributed by atoms with Crippen LogP contribution in [0.5, 0.6) is 0 Å². The number of rotatable bonds is 6. The van der Waals surface area contributed by atoms with Crippen molar-refractivity contribution in [3.63, 3.8) is 0 Å². The van der Waals surface area contributed by atoms with E-state index < -0.39 is 22.5 Å². The normalized spacial score (nSPS) is 18.0. The summed E-state index contributed by atoms with van der Waals surface area (Å²) in [6.07, 6.45) is 2.03. The highest BCUT2D eigenvalue weighted by atomic mass is 32.2. The van der Waals surface area contributed by atoms with Crippen LogP contribution < -0.4 is 4.72 Å². The number of sulfonamides is 1. The SMILES string of the molecule is Cc1ccc(S(=O)(=O)NCC(=O)OCC(=O)N2CCC[C@@H](C)C2)cc1. The highest BCUT2D eigenvalue weighted by Gasteiger charge is 2.22. The fraction of sp³-hybridized carbons (Fsp3) is 0.529. The van der Waals surface area contributed by atoms with Crippen molar-refractivity contribution >= 4 is 21.9 Å². The highest BCUT2D eigenvalue weighted by Crippen LogP contribution is 2.15. The van der Waals surface area contributed by atoms with Crippen LogP contribution in [0.2, 0.25) is 0 Å². The Morgan fingerprint density at radius 3 is 2.60 bits per heavy atom.